The third-order valence-corrected chi connectivity index (χ3v) is 4.31. The Hall–Kier alpha value is -2.67. The van der Waals surface area contributed by atoms with Crippen molar-refractivity contribution in [2.75, 3.05) is 11.9 Å². The van der Waals surface area contributed by atoms with E-state index in [9.17, 15) is 14.4 Å². The number of carbonyl (C=O) groups excluding carboxylic acids is 3. The lowest BCUT2D eigenvalue weighted by atomic mass is 10.1. The Labute approximate surface area is 150 Å². The Bertz CT molecular complexity index is 726. The molecule has 0 saturated heterocycles. The van der Waals surface area contributed by atoms with E-state index >= 15 is 0 Å². The van der Waals surface area contributed by atoms with Crippen LogP contribution in [0.2, 0.25) is 0 Å². The highest BCUT2D eigenvalue weighted by atomic mass is 32.1. The topological polar surface area (TPSA) is 84.5 Å². The van der Waals surface area contributed by atoms with Gasteiger partial charge in [-0.25, -0.2) is 0 Å². The first kappa shape index (κ1) is 18.7. The Morgan fingerprint density at radius 2 is 1.88 bits per heavy atom. The second-order valence-electron chi connectivity index (χ2n) is 5.33. The molecule has 2 amide bonds. The molecule has 7 heteroatoms. The maximum absolute atomic E-state index is 12.1. The minimum absolute atomic E-state index is 0.292. The van der Waals surface area contributed by atoms with Gasteiger partial charge in [-0.1, -0.05) is 25.1 Å². The van der Waals surface area contributed by atoms with Gasteiger partial charge >= 0.3 is 5.97 Å². The molecule has 0 spiro atoms. The normalized spacial score (nSPS) is 11.4. The first-order valence-corrected chi connectivity index (χ1v) is 8.78. The van der Waals surface area contributed by atoms with Gasteiger partial charge in [0.25, 0.3) is 11.8 Å². The summed E-state index contributed by atoms with van der Waals surface area (Å²) in [6.45, 7) is 3.24. The van der Waals surface area contributed by atoms with Crippen LogP contribution >= 0.6 is 11.3 Å². The van der Waals surface area contributed by atoms with Crippen LogP contribution in [0.5, 0.6) is 0 Å². The summed E-state index contributed by atoms with van der Waals surface area (Å²) in [4.78, 5) is 36.1. The van der Waals surface area contributed by atoms with Gasteiger partial charge in [0.15, 0.2) is 6.10 Å². The largest absolute Gasteiger partial charge is 0.451 e. The van der Waals surface area contributed by atoms with Crippen LogP contribution in [0.25, 0.3) is 0 Å². The lowest BCUT2D eigenvalue weighted by molar-refractivity contribution is -0.152. The lowest BCUT2D eigenvalue weighted by Gasteiger charge is -2.14. The van der Waals surface area contributed by atoms with Gasteiger partial charge in [0.2, 0.25) is 0 Å². The molecule has 0 fully saturated rings. The van der Waals surface area contributed by atoms with Crippen molar-refractivity contribution in [2.24, 2.45) is 0 Å². The number of anilines is 1. The van der Waals surface area contributed by atoms with Crippen molar-refractivity contribution in [3.05, 3.63) is 52.2 Å². The van der Waals surface area contributed by atoms with E-state index in [4.69, 9.17) is 4.74 Å². The van der Waals surface area contributed by atoms with Crippen LogP contribution in [0.3, 0.4) is 0 Å². The predicted molar refractivity (Wildman–Crippen MR) is 96.7 cm³/mol. The van der Waals surface area contributed by atoms with E-state index in [-0.39, 0.29) is 12.5 Å². The molecule has 6 nitrogen and oxygen atoms in total. The number of benzene rings is 1. The molecule has 0 saturated carbocycles. The van der Waals surface area contributed by atoms with Crippen LogP contribution in [0.1, 0.15) is 29.1 Å². The average molecular weight is 360 g/mol. The number of amides is 2. The molecule has 2 rings (SSSR count). The molecular weight excluding hydrogens is 340 g/mol. The van der Waals surface area contributed by atoms with Crippen LogP contribution < -0.4 is 10.6 Å². The van der Waals surface area contributed by atoms with Crippen molar-refractivity contribution in [3.63, 3.8) is 0 Å². The van der Waals surface area contributed by atoms with Crippen LogP contribution in [-0.2, 0) is 20.7 Å². The van der Waals surface area contributed by atoms with Gasteiger partial charge in [-0.15, -0.1) is 11.3 Å². The molecule has 0 aliphatic heterocycles. The molecule has 1 atom stereocenters. The van der Waals surface area contributed by atoms with Crippen LogP contribution in [0.15, 0.2) is 41.8 Å². The predicted octanol–water partition coefficient (Wildman–Crippen LogP) is 2.61. The number of nitrogens with one attached hydrogen (secondary N) is 2. The number of aryl methyl sites for hydroxylation is 1. The fourth-order valence-electron chi connectivity index (χ4n) is 2.01. The maximum atomic E-state index is 12.1. The van der Waals surface area contributed by atoms with E-state index in [0.29, 0.717) is 10.6 Å². The van der Waals surface area contributed by atoms with Crippen LogP contribution in [0, 0.1) is 0 Å². The lowest BCUT2D eigenvalue weighted by Crippen LogP contribution is -2.35. The van der Waals surface area contributed by atoms with Gasteiger partial charge in [0.1, 0.15) is 6.54 Å². The van der Waals surface area contributed by atoms with Gasteiger partial charge < -0.3 is 15.4 Å². The monoisotopic (exact) mass is 360 g/mol. The molecule has 0 aliphatic rings. The second kappa shape index (κ2) is 8.98. The zero-order chi connectivity index (χ0) is 18.2. The summed E-state index contributed by atoms with van der Waals surface area (Å²) in [6.07, 6.45) is -0.0450. The SMILES string of the molecule is CCc1ccc(NC(=O)[C@H](C)OC(=O)CNC(=O)c2cccs2)cc1. The third-order valence-electron chi connectivity index (χ3n) is 3.45. The van der Waals surface area contributed by atoms with Crippen molar-refractivity contribution in [2.45, 2.75) is 26.4 Å². The van der Waals surface area contributed by atoms with E-state index in [1.54, 1.807) is 29.6 Å². The summed E-state index contributed by atoms with van der Waals surface area (Å²) in [6, 6.07) is 10.8. The van der Waals surface area contributed by atoms with Gasteiger partial charge in [0.05, 0.1) is 4.88 Å². The Morgan fingerprint density at radius 1 is 1.16 bits per heavy atom. The number of carbonyl (C=O) groups is 3. The molecule has 0 unspecified atom stereocenters. The Morgan fingerprint density at radius 3 is 2.48 bits per heavy atom. The zero-order valence-corrected chi connectivity index (χ0v) is 14.9. The summed E-state index contributed by atoms with van der Waals surface area (Å²) in [5.41, 5.74) is 1.80. The molecule has 0 radical (unpaired) electrons. The molecule has 25 heavy (non-hydrogen) atoms. The molecule has 2 aromatic rings. The fourth-order valence-corrected chi connectivity index (χ4v) is 2.65. The summed E-state index contributed by atoms with van der Waals surface area (Å²) < 4.78 is 5.03. The molecule has 1 aromatic carbocycles. The van der Waals surface area contributed by atoms with Gasteiger partial charge in [-0.3, -0.25) is 14.4 Å². The van der Waals surface area contributed by atoms with Crippen molar-refractivity contribution in [1.29, 1.82) is 0 Å². The first-order chi connectivity index (χ1) is 12.0. The van der Waals surface area contributed by atoms with E-state index in [1.807, 2.05) is 19.1 Å². The van der Waals surface area contributed by atoms with E-state index < -0.39 is 18.0 Å². The maximum Gasteiger partial charge on any atom is 0.326 e. The Balaban J connectivity index is 1.77. The number of hydrogen-bond donors (Lipinski definition) is 2. The number of hydrogen-bond acceptors (Lipinski definition) is 5. The second-order valence-corrected chi connectivity index (χ2v) is 6.28. The number of ether oxygens (including phenoxy) is 1. The average Bonchev–Trinajstić information content (AvgIpc) is 3.15. The zero-order valence-electron chi connectivity index (χ0n) is 14.1. The van der Waals surface area contributed by atoms with Gasteiger partial charge in [-0.2, -0.15) is 0 Å². The standard InChI is InChI=1S/C18H20N2O4S/c1-3-13-6-8-14(9-7-13)20-17(22)12(2)24-16(21)11-19-18(23)15-5-4-10-25-15/h4-10,12H,3,11H2,1-2H3,(H,19,23)(H,20,22)/t12-/m0/s1. The van der Waals surface area contributed by atoms with Gasteiger partial charge in [0, 0.05) is 5.69 Å². The number of esters is 1. The fraction of sp³-hybridized carbons (Fsp3) is 0.278. The van der Waals surface area contributed by atoms with Crippen LogP contribution in [-0.4, -0.2) is 30.4 Å². The van der Waals surface area contributed by atoms with Crippen molar-refractivity contribution >= 4 is 34.8 Å². The quantitative estimate of drug-likeness (QED) is 0.744. The highest BCUT2D eigenvalue weighted by molar-refractivity contribution is 7.12. The molecule has 0 bridgehead atoms. The van der Waals surface area contributed by atoms with Gasteiger partial charge in [-0.05, 0) is 42.5 Å². The smallest absolute Gasteiger partial charge is 0.326 e. The summed E-state index contributed by atoms with van der Waals surface area (Å²) >= 11 is 1.28. The highest BCUT2D eigenvalue weighted by Gasteiger charge is 2.18. The van der Waals surface area contributed by atoms with E-state index in [2.05, 4.69) is 10.6 Å². The minimum atomic E-state index is -0.961. The summed E-state index contributed by atoms with van der Waals surface area (Å²) in [5, 5.41) is 6.91. The van der Waals surface area contributed by atoms with Crippen molar-refractivity contribution < 1.29 is 19.1 Å². The molecular formula is C18H20N2O4S. The number of thiophene rings is 1. The summed E-state index contributed by atoms with van der Waals surface area (Å²) in [7, 11) is 0. The Kier molecular flexibility index (Phi) is 6.71. The minimum Gasteiger partial charge on any atom is -0.451 e. The summed E-state index contributed by atoms with van der Waals surface area (Å²) in [5.74, 6) is -1.45. The number of rotatable bonds is 7. The van der Waals surface area contributed by atoms with E-state index in [0.717, 1.165) is 6.42 Å². The highest BCUT2D eigenvalue weighted by Crippen LogP contribution is 2.11. The third kappa shape index (κ3) is 5.72. The molecule has 1 aromatic heterocycles. The molecule has 2 N–H and O–H groups in total. The molecule has 132 valence electrons. The first-order valence-electron chi connectivity index (χ1n) is 7.90. The molecule has 1 heterocycles. The van der Waals surface area contributed by atoms with E-state index in [1.165, 1.54) is 23.8 Å². The van der Waals surface area contributed by atoms with Crippen molar-refractivity contribution in [1.82, 2.24) is 5.32 Å². The van der Waals surface area contributed by atoms with Crippen molar-refractivity contribution in [3.8, 4) is 0 Å². The van der Waals surface area contributed by atoms with Crippen LogP contribution in [0.4, 0.5) is 5.69 Å². The molecule has 0 aliphatic carbocycles.